The number of fused-ring (bicyclic) bond motifs is 1. The molecule has 1 aliphatic carbocycles. The zero-order valence-corrected chi connectivity index (χ0v) is 21.9. The third-order valence-electron chi connectivity index (χ3n) is 8.55. The average Bonchev–Trinajstić information content (AvgIpc) is 3.03. The molecule has 0 aromatic carbocycles. The van der Waals surface area contributed by atoms with Crippen molar-refractivity contribution in [2.75, 3.05) is 53.4 Å². The maximum Gasteiger partial charge on any atom is 0.217 e. The summed E-state index contributed by atoms with van der Waals surface area (Å²) in [5, 5.41) is 8.39. The van der Waals surface area contributed by atoms with E-state index in [1.807, 2.05) is 12.1 Å². The number of likely N-dealkylation sites (N-methyl/N-ethyl adjacent to an activating group) is 1. The molecule has 7 unspecified atom stereocenters. The normalized spacial score (nSPS) is 37.3. The van der Waals surface area contributed by atoms with Gasteiger partial charge in [0, 0.05) is 45.9 Å². The fraction of sp³-hybridized carbons (Fsp3) is 1.00. The topological polar surface area (TPSA) is 124 Å². The van der Waals surface area contributed by atoms with E-state index in [2.05, 4.69) is 25.7 Å². The summed E-state index contributed by atoms with van der Waals surface area (Å²) in [6.07, 6.45) is 9.27. The first kappa shape index (κ1) is 26.7. The van der Waals surface area contributed by atoms with Crippen LogP contribution in [0.5, 0.6) is 0 Å². The number of hydrogen-bond donors (Lipinski definition) is 5. The molecule has 0 spiro atoms. The fourth-order valence-electron chi connectivity index (χ4n) is 6.52. The van der Waals surface area contributed by atoms with Crippen molar-refractivity contribution in [3.8, 4) is 0 Å². The Kier molecular flexibility index (Phi) is 9.61. The summed E-state index contributed by atoms with van der Waals surface area (Å²) in [7, 11) is 0.0334. The SMILES string of the molecule is COC1CCC2CNN(C)C2C1NS(=O)(=O)C(CN)CNC1CC(N2CCCCCC2)CCN1. The third-order valence-corrected chi connectivity index (χ3v) is 10.4. The standard InChI is InChI=1S/C23H47N7O3S/c1-29-23-17(15-27-29)7-8-20(33-2)22(23)28-34(31,32)19(14-24)16-26-21-13-18(9-10-25-21)30-11-5-3-4-6-12-30/h17-23,25-28H,3-16,24H2,1-2H3. The minimum atomic E-state index is -3.63. The van der Waals surface area contributed by atoms with Crippen molar-refractivity contribution in [1.82, 2.24) is 30.7 Å². The summed E-state index contributed by atoms with van der Waals surface area (Å²) < 4.78 is 35.6. The molecule has 0 aromatic rings. The predicted octanol–water partition coefficient (Wildman–Crippen LogP) is -0.611. The first-order valence-corrected chi connectivity index (χ1v) is 14.9. The average molecular weight is 502 g/mol. The van der Waals surface area contributed by atoms with Crippen LogP contribution in [0, 0.1) is 5.92 Å². The minimum Gasteiger partial charge on any atom is -0.380 e. The van der Waals surface area contributed by atoms with Crippen LogP contribution in [-0.2, 0) is 14.8 Å². The third kappa shape index (κ3) is 6.30. The molecule has 4 aliphatic rings. The number of nitrogens with one attached hydrogen (secondary N) is 4. The van der Waals surface area contributed by atoms with Gasteiger partial charge >= 0.3 is 0 Å². The second-order valence-electron chi connectivity index (χ2n) is 10.7. The highest BCUT2D eigenvalue weighted by atomic mass is 32.2. The van der Waals surface area contributed by atoms with Gasteiger partial charge in [0.2, 0.25) is 10.0 Å². The van der Waals surface area contributed by atoms with E-state index >= 15 is 0 Å². The van der Waals surface area contributed by atoms with E-state index in [0.717, 1.165) is 38.8 Å². The van der Waals surface area contributed by atoms with Crippen LogP contribution in [0.3, 0.4) is 0 Å². The number of piperidine rings is 1. The van der Waals surface area contributed by atoms with Gasteiger partial charge in [-0.2, -0.15) is 0 Å². The highest BCUT2D eigenvalue weighted by Crippen LogP contribution is 2.33. The Morgan fingerprint density at radius 3 is 2.62 bits per heavy atom. The van der Waals surface area contributed by atoms with Crippen LogP contribution in [-0.4, -0.2) is 107 Å². The number of nitrogens with zero attached hydrogens (tertiary/aromatic N) is 2. The fourth-order valence-corrected chi connectivity index (χ4v) is 7.95. The molecule has 0 radical (unpaired) electrons. The molecular formula is C23H47N7O3S. The molecule has 11 heteroatoms. The van der Waals surface area contributed by atoms with E-state index in [-0.39, 0.29) is 30.9 Å². The van der Waals surface area contributed by atoms with Crippen LogP contribution < -0.4 is 26.5 Å². The number of hydrazine groups is 1. The van der Waals surface area contributed by atoms with Crippen LogP contribution in [0.4, 0.5) is 0 Å². The molecule has 6 N–H and O–H groups in total. The molecule has 3 aliphatic heterocycles. The van der Waals surface area contributed by atoms with Crippen molar-refractivity contribution in [2.24, 2.45) is 11.7 Å². The van der Waals surface area contributed by atoms with Gasteiger partial charge < -0.3 is 26.0 Å². The molecule has 0 bridgehead atoms. The van der Waals surface area contributed by atoms with Crippen LogP contribution in [0.15, 0.2) is 0 Å². The van der Waals surface area contributed by atoms with Crippen molar-refractivity contribution < 1.29 is 13.2 Å². The molecule has 198 valence electrons. The van der Waals surface area contributed by atoms with Crippen LogP contribution in [0.25, 0.3) is 0 Å². The maximum absolute atomic E-state index is 13.5. The molecular weight excluding hydrogens is 454 g/mol. The van der Waals surface area contributed by atoms with Crippen molar-refractivity contribution in [1.29, 1.82) is 0 Å². The van der Waals surface area contributed by atoms with Gasteiger partial charge in [0.15, 0.2) is 0 Å². The summed E-state index contributed by atoms with van der Waals surface area (Å²) in [4.78, 5) is 2.65. The lowest BCUT2D eigenvalue weighted by molar-refractivity contribution is 0.00328. The largest absolute Gasteiger partial charge is 0.380 e. The number of sulfonamides is 1. The van der Waals surface area contributed by atoms with Gasteiger partial charge in [-0.15, -0.1) is 0 Å². The lowest BCUT2D eigenvalue weighted by Crippen LogP contribution is -2.62. The second-order valence-corrected chi connectivity index (χ2v) is 12.7. The van der Waals surface area contributed by atoms with Crippen LogP contribution in [0.2, 0.25) is 0 Å². The van der Waals surface area contributed by atoms with Gasteiger partial charge in [-0.3, -0.25) is 5.43 Å². The Bertz CT molecular complexity index is 734. The molecule has 0 amide bonds. The number of nitrogens with two attached hydrogens (primary N) is 1. The van der Waals surface area contributed by atoms with Crippen molar-refractivity contribution in [2.45, 2.75) is 87.0 Å². The molecule has 3 saturated heterocycles. The first-order valence-electron chi connectivity index (χ1n) is 13.3. The number of methoxy groups -OCH3 is 1. The molecule has 1 saturated carbocycles. The number of ether oxygens (including phenoxy) is 1. The number of likely N-dealkylation sites (tertiary alicyclic amines) is 1. The van der Waals surface area contributed by atoms with E-state index in [0.29, 0.717) is 18.5 Å². The zero-order valence-electron chi connectivity index (χ0n) is 21.0. The van der Waals surface area contributed by atoms with Gasteiger partial charge in [-0.25, -0.2) is 18.1 Å². The maximum atomic E-state index is 13.5. The highest BCUT2D eigenvalue weighted by molar-refractivity contribution is 7.90. The highest BCUT2D eigenvalue weighted by Gasteiger charge is 2.47. The second kappa shape index (κ2) is 12.2. The van der Waals surface area contributed by atoms with Gasteiger partial charge in [0.1, 0.15) is 5.25 Å². The summed E-state index contributed by atoms with van der Waals surface area (Å²) in [5.74, 6) is 0.418. The lowest BCUT2D eigenvalue weighted by Gasteiger charge is -2.41. The zero-order chi connectivity index (χ0) is 24.1. The quantitative estimate of drug-likeness (QED) is 0.281. The van der Waals surface area contributed by atoms with Crippen molar-refractivity contribution in [3.05, 3.63) is 0 Å². The number of rotatable bonds is 9. The Morgan fingerprint density at radius 1 is 1.15 bits per heavy atom. The van der Waals surface area contributed by atoms with Crippen LogP contribution >= 0.6 is 0 Å². The smallest absolute Gasteiger partial charge is 0.217 e. The summed E-state index contributed by atoms with van der Waals surface area (Å²) in [6.45, 7) is 4.63. The van der Waals surface area contributed by atoms with E-state index in [9.17, 15) is 8.42 Å². The molecule has 0 aromatic heterocycles. The molecule has 4 rings (SSSR count). The Hall–Kier alpha value is -0.370. The lowest BCUT2D eigenvalue weighted by atomic mass is 9.80. The first-order chi connectivity index (χ1) is 16.4. The molecule has 10 nitrogen and oxygen atoms in total. The number of hydrogen-bond acceptors (Lipinski definition) is 9. The van der Waals surface area contributed by atoms with Gasteiger partial charge in [-0.1, -0.05) is 12.8 Å². The summed E-state index contributed by atoms with van der Waals surface area (Å²) >= 11 is 0. The van der Waals surface area contributed by atoms with E-state index in [1.54, 1.807) is 7.11 Å². The summed E-state index contributed by atoms with van der Waals surface area (Å²) in [6, 6.07) is 0.354. The predicted molar refractivity (Wildman–Crippen MR) is 135 cm³/mol. The summed E-state index contributed by atoms with van der Waals surface area (Å²) in [5.41, 5.74) is 9.36. The van der Waals surface area contributed by atoms with Gasteiger partial charge in [0.25, 0.3) is 0 Å². The molecule has 34 heavy (non-hydrogen) atoms. The van der Waals surface area contributed by atoms with E-state index < -0.39 is 15.3 Å². The van der Waals surface area contributed by atoms with Crippen molar-refractivity contribution >= 4 is 10.0 Å². The molecule has 4 fully saturated rings. The Morgan fingerprint density at radius 2 is 1.91 bits per heavy atom. The van der Waals surface area contributed by atoms with Crippen LogP contribution in [0.1, 0.15) is 51.4 Å². The Labute approximate surface area is 206 Å². The minimum absolute atomic E-state index is 0.0780. The van der Waals surface area contributed by atoms with Gasteiger partial charge in [-0.05, 0) is 64.1 Å². The van der Waals surface area contributed by atoms with Gasteiger partial charge in [0.05, 0.1) is 18.3 Å². The molecule has 7 atom stereocenters. The monoisotopic (exact) mass is 501 g/mol. The van der Waals surface area contributed by atoms with E-state index in [1.165, 1.54) is 38.8 Å². The van der Waals surface area contributed by atoms with E-state index in [4.69, 9.17) is 10.5 Å². The molecule has 3 heterocycles. The Balaban J connectivity index is 1.34. The van der Waals surface area contributed by atoms with Crippen molar-refractivity contribution in [3.63, 3.8) is 0 Å².